The molecule has 1 amide bonds. The van der Waals surface area contributed by atoms with Crippen LogP contribution in [0.4, 0.5) is 0 Å². The average Bonchev–Trinajstić information content (AvgIpc) is 3.13. The molecular weight excluding hydrogens is 382 g/mol. The van der Waals surface area contributed by atoms with Crippen LogP contribution in [0.3, 0.4) is 0 Å². The highest BCUT2D eigenvalue weighted by atomic mass is 16.4. The molecule has 0 unspecified atom stereocenters. The number of rotatable bonds is 10. The molecule has 30 heavy (non-hydrogen) atoms. The Labute approximate surface area is 177 Å². The van der Waals surface area contributed by atoms with Crippen molar-refractivity contribution in [2.24, 2.45) is 5.92 Å². The molecule has 0 aliphatic heterocycles. The lowest BCUT2D eigenvalue weighted by Crippen LogP contribution is -2.50. The summed E-state index contributed by atoms with van der Waals surface area (Å²) in [4.78, 5) is 38.9. The Kier molecular flexibility index (Phi) is 7.60. The van der Waals surface area contributed by atoms with Crippen LogP contribution < -0.4 is 5.76 Å². The van der Waals surface area contributed by atoms with Crippen LogP contribution in [0, 0.1) is 5.92 Å². The summed E-state index contributed by atoms with van der Waals surface area (Å²) in [7, 11) is 0. The van der Waals surface area contributed by atoms with Crippen LogP contribution >= 0.6 is 0 Å². The van der Waals surface area contributed by atoms with Gasteiger partial charge in [-0.3, -0.25) is 9.59 Å². The van der Waals surface area contributed by atoms with Gasteiger partial charge in [0.05, 0.1) is 0 Å². The van der Waals surface area contributed by atoms with E-state index in [4.69, 9.17) is 4.42 Å². The Bertz CT molecular complexity index is 881. The quantitative estimate of drug-likeness (QED) is 0.440. The summed E-state index contributed by atoms with van der Waals surface area (Å²) < 4.78 is 6.40. The molecule has 2 aromatic rings. The number of aryl methyl sites for hydroxylation is 2. The molecular formula is C23H31N3O4. The molecule has 1 aliphatic carbocycles. The number of hydrogen-bond acceptors (Lipinski definition) is 5. The fourth-order valence-electron chi connectivity index (χ4n) is 4.29. The molecule has 1 fully saturated rings. The van der Waals surface area contributed by atoms with Crippen LogP contribution in [0.1, 0.15) is 68.6 Å². The first-order valence-electron chi connectivity index (χ1n) is 10.9. The lowest BCUT2D eigenvalue weighted by atomic mass is 9.90. The molecule has 1 atom stereocenters. The Balaban J connectivity index is 1.71. The van der Waals surface area contributed by atoms with Crippen LogP contribution in [-0.4, -0.2) is 39.0 Å². The van der Waals surface area contributed by atoms with Gasteiger partial charge in [-0.2, -0.15) is 4.68 Å². The maximum atomic E-state index is 13.2. The van der Waals surface area contributed by atoms with Crippen molar-refractivity contribution in [3.05, 3.63) is 52.3 Å². The van der Waals surface area contributed by atoms with Crippen molar-refractivity contribution in [3.8, 4) is 0 Å². The molecule has 7 nitrogen and oxygen atoms in total. The lowest BCUT2D eigenvalue weighted by Gasteiger charge is -2.37. The van der Waals surface area contributed by atoms with Gasteiger partial charge in [-0.1, -0.05) is 63.4 Å². The molecule has 162 valence electrons. The number of carbonyl (C=O) groups excluding carboxylic acids is 2. The van der Waals surface area contributed by atoms with Crippen LogP contribution in [0.2, 0.25) is 0 Å². The maximum Gasteiger partial charge on any atom is 0.437 e. The highest BCUT2D eigenvalue weighted by Crippen LogP contribution is 2.26. The normalized spacial score (nSPS) is 15.8. The van der Waals surface area contributed by atoms with E-state index in [1.165, 1.54) is 10.2 Å². The number of ketones is 1. The Morgan fingerprint density at radius 3 is 2.57 bits per heavy atom. The highest BCUT2D eigenvalue weighted by molar-refractivity contribution is 5.97. The van der Waals surface area contributed by atoms with Crippen LogP contribution in [0.25, 0.3) is 0 Å². The second-order valence-electron chi connectivity index (χ2n) is 8.38. The fourth-order valence-corrected chi connectivity index (χ4v) is 4.29. The van der Waals surface area contributed by atoms with Crippen molar-refractivity contribution in [2.75, 3.05) is 0 Å². The third kappa shape index (κ3) is 5.26. The van der Waals surface area contributed by atoms with Crippen LogP contribution in [0.5, 0.6) is 0 Å². The number of aromatic nitrogens is 2. The Morgan fingerprint density at radius 2 is 1.93 bits per heavy atom. The second-order valence-corrected chi connectivity index (χ2v) is 8.38. The van der Waals surface area contributed by atoms with Gasteiger partial charge in [0.2, 0.25) is 12.2 Å². The molecule has 0 bridgehead atoms. The molecule has 1 saturated carbocycles. The highest BCUT2D eigenvalue weighted by Gasteiger charge is 2.36. The van der Waals surface area contributed by atoms with E-state index in [1.807, 2.05) is 44.2 Å². The van der Waals surface area contributed by atoms with E-state index in [-0.39, 0.29) is 17.9 Å². The zero-order valence-electron chi connectivity index (χ0n) is 17.8. The van der Waals surface area contributed by atoms with Crippen molar-refractivity contribution in [1.82, 2.24) is 14.7 Å². The van der Waals surface area contributed by atoms with Gasteiger partial charge in [0, 0.05) is 12.6 Å². The summed E-state index contributed by atoms with van der Waals surface area (Å²) >= 11 is 0. The van der Waals surface area contributed by atoms with Crippen molar-refractivity contribution < 1.29 is 14.0 Å². The van der Waals surface area contributed by atoms with Gasteiger partial charge in [-0.25, -0.2) is 4.79 Å². The molecule has 1 aliphatic rings. The van der Waals surface area contributed by atoms with Gasteiger partial charge in [-0.15, -0.1) is 5.10 Å². The summed E-state index contributed by atoms with van der Waals surface area (Å²) in [5.74, 6) is -1.36. The van der Waals surface area contributed by atoms with E-state index in [2.05, 4.69) is 5.10 Å². The van der Waals surface area contributed by atoms with Gasteiger partial charge < -0.3 is 9.32 Å². The number of benzene rings is 1. The predicted molar refractivity (Wildman–Crippen MR) is 113 cm³/mol. The zero-order chi connectivity index (χ0) is 21.5. The predicted octanol–water partition coefficient (Wildman–Crippen LogP) is 3.47. The van der Waals surface area contributed by atoms with Gasteiger partial charge in [0.1, 0.15) is 6.04 Å². The van der Waals surface area contributed by atoms with Crippen molar-refractivity contribution >= 4 is 12.2 Å². The Hall–Kier alpha value is -2.70. The van der Waals surface area contributed by atoms with Gasteiger partial charge >= 0.3 is 5.76 Å². The van der Waals surface area contributed by atoms with Crippen molar-refractivity contribution in [1.29, 1.82) is 0 Å². The van der Waals surface area contributed by atoms with Gasteiger partial charge in [0.15, 0.2) is 0 Å². The van der Waals surface area contributed by atoms with E-state index in [9.17, 15) is 14.4 Å². The van der Waals surface area contributed by atoms with Gasteiger partial charge in [0.25, 0.3) is 5.89 Å². The summed E-state index contributed by atoms with van der Waals surface area (Å²) in [6.45, 7) is 4.17. The molecule has 1 heterocycles. The summed E-state index contributed by atoms with van der Waals surface area (Å²) in [5, 5.41) is 4.15. The van der Waals surface area contributed by atoms with E-state index in [0.717, 1.165) is 44.9 Å². The fraction of sp³-hybridized carbons (Fsp3) is 0.565. The minimum Gasteiger partial charge on any atom is -0.384 e. The topological polar surface area (TPSA) is 85.4 Å². The summed E-state index contributed by atoms with van der Waals surface area (Å²) in [5.41, 5.74) is 1.18. The molecule has 0 spiro atoms. The smallest absolute Gasteiger partial charge is 0.384 e. The number of Topliss-reactive ketones (excluding diaryl/α,β-unsaturated/α-hetero) is 1. The van der Waals surface area contributed by atoms with E-state index < -0.39 is 17.6 Å². The summed E-state index contributed by atoms with van der Waals surface area (Å²) in [6.07, 6.45) is 7.34. The van der Waals surface area contributed by atoms with E-state index in [0.29, 0.717) is 13.0 Å². The molecule has 0 N–H and O–H groups in total. The largest absolute Gasteiger partial charge is 0.437 e. The molecule has 1 aromatic heterocycles. The first kappa shape index (κ1) is 22.0. The van der Waals surface area contributed by atoms with E-state index >= 15 is 0 Å². The molecule has 3 rings (SSSR count). The maximum absolute atomic E-state index is 13.2. The molecule has 0 radical (unpaired) electrons. The standard InChI is InChI=1S/C23H31N3O4/c1-17(2)20(25(16-27)19-13-7-4-8-14-19)21(28)22-24-26(23(29)30-22)15-9-12-18-10-5-3-6-11-18/h3,5-6,10-11,16-17,19-20H,4,7-9,12-15H2,1-2H3/t20-/m0/s1. The molecule has 0 saturated heterocycles. The second kappa shape index (κ2) is 10.4. The minimum atomic E-state index is -0.679. The first-order chi connectivity index (χ1) is 14.5. The zero-order valence-corrected chi connectivity index (χ0v) is 17.8. The van der Waals surface area contributed by atoms with Gasteiger partial charge in [-0.05, 0) is 37.2 Å². The minimum absolute atomic E-state index is 0.0484. The monoisotopic (exact) mass is 413 g/mol. The van der Waals surface area contributed by atoms with Crippen molar-refractivity contribution in [3.63, 3.8) is 0 Å². The number of carbonyl (C=O) groups is 2. The number of amides is 1. The first-order valence-corrected chi connectivity index (χ1v) is 10.9. The lowest BCUT2D eigenvalue weighted by molar-refractivity contribution is -0.123. The Morgan fingerprint density at radius 1 is 1.23 bits per heavy atom. The third-order valence-electron chi connectivity index (χ3n) is 5.83. The molecule has 7 heteroatoms. The van der Waals surface area contributed by atoms with Crippen LogP contribution in [0.15, 0.2) is 39.5 Å². The SMILES string of the molecule is CC(C)[C@@H](C(=O)c1nn(CCCc2ccccc2)c(=O)o1)N(C=O)C1CCCCC1. The number of hydrogen-bond donors (Lipinski definition) is 0. The average molecular weight is 414 g/mol. The number of nitrogens with zero attached hydrogens (tertiary/aromatic N) is 3. The third-order valence-corrected chi connectivity index (χ3v) is 5.83. The van der Waals surface area contributed by atoms with E-state index in [1.54, 1.807) is 4.90 Å². The van der Waals surface area contributed by atoms with Crippen LogP contribution in [-0.2, 0) is 17.8 Å². The van der Waals surface area contributed by atoms with Crippen molar-refractivity contribution in [2.45, 2.75) is 77.4 Å². The molecule has 1 aromatic carbocycles. The summed E-state index contributed by atoms with van der Waals surface area (Å²) in [6, 6.07) is 9.36.